The molecule has 0 aromatic carbocycles. The quantitative estimate of drug-likeness (QED) is 0.657. The summed E-state index contributed by atoms with van der Waals surface area (Å²) in [6, 6.07) is 0. The molecule has 0 radical (unpaired) electrons. The molecule has 2 nitrogen and oxygen atoms in total. The molecular weight excluding hydrogens is 186 g/mol. The molecule has 0 aromatic rings. The Labute approximate surface area is 94.8 Å². The largest absolute Gasteiger partial charge is 0.382 e. The summed E-state index contributed by atoms with van der Waals surface area (Å²) in [6.07, 6.45) is 4.01. The molecule has 0 bridgehead atoms. The molecule has 0 aliphatic heterocycles. The molecule has 0 amide bonds. The first-order valence-electron chi connectivity index (χ1n) is 6.26. The molecule has 0 saturated heterocycles. The van der Waals surface area contributed by atoms with E-state index in [1.54, 1.807) is 0 Å². The van der Waals surface area contributed by atoms with Gasteiger partial charge in [0.15, 0.2) is 0 Å². The van der Waals surface area contributed by atoms with Gasteiger partial charge in [0, 0.05) is 26.3 Å². The van der Waals surface area contributed by atoms with E-state index < -0.39 is 0 Å². The highest BCUT2D eigenvalue weighted by Crippen LogP contribution is 2.48. The number of nitrogens with one attached hydrogen (secondary N) is 1. The first kappa shape index (κ1) is 13.0. The molecule has 0 unspecified atom stereocenters. The van der Waals surface area contributed by atoms with Gasteiger partial charge in [-0.15, -0.1) is 0 Å². The minimum atomic E-state index is 0.399. The van der Waals surface area contributed by atoms with Gasteiger partial charge < -0.3 is 10.1 Å². The van der Waals surface area contributed by atoms with E-state index >= 15 is 0 Å². The third kappa shape index (κ3) is 5.53. The van der Waals surface area contributed by atoms with Crippen LogP contribution in [-0.2, 0) is 4.74 Å². The number of rotatable bonds is 7. The molecule has 2 heteroatoms. The van der Waals surface area contributed by atoms with Crippen molar-refractivity contribution in [3.05, 3.63) is 0 Å². The Kier molecular flexibility index (Phi) is 4.60. The number of hydrogen-bond donors (Lipinski definition) is 1. The maximum Gasteiger partial charge on any atom is 0.0471 e. The van der Waals surface area contributed by atoms with E-state index in [2.05, 4.69) is 33.0 Å². The fraction of sp³-hybridized carbons (Fsp3) is 1.00. The Hall–Kier alpha value is -0.0800. The van der Waals surface area contributed by atoms with Crippen molar-refractivity contribution in [3.8, 4) is 0 Å². The van der Waals surface area contributed by atoms with Crippen LogP contribution < -0.4 is 5.32 Å². The van der Waals surface area contributed by atoms with Crippen LogP contribution in [0.25, 0.3) is 0 Å². The first-order chi connectivity index (χ1) is 6.97. The highest BCUT2D eigenvalue weighted by Gasteiger charge is 2.41. The van der Waals surface area contributed by atoms with Crippen molar-refractivity contribution in [3.63, 3.8) is 0 Å². The van der Waals surface area contributed by atoms with Gasteiger partial charge in [0.2, 0.25) is 0 Å². The Morgan fingerprint density at radius 2 is 1.93 bits per heavy atom. The summed E-state index contributed by atoms with van der Waals surface area (Å²) in [5.41, 5.74) is 0.983. The standard InChI is InChI=1S/C13H27NO/c1-5-15-9-8-13(6-7-13)11-14-10-12(2,3)4/h14H,5-11H2,1-4H3. The minimum Gasteiger partial charge on any atom is -0.382 e. The van der Waals surface area contributed by atoms with Gasteiger partial charge in [-0.1, -0.05) is 20.8 Å². The van der Waals surface area contributed by atoms with Crippen molar-refractivity contribution >= 4 is 0 Å². The van der Waals surface area contributed by atoms with Gasteiger partial charge in [0.1, 0.15) is 0 Å². The van der Waals surface area contributed by atoms with E-state index in [1.807, 2.05) is 0 Å². The van der Waals surface area contributed by atoms with Gasteiger partial charge in [-0.05, 0) is 37.0 Å². The van der Waals surface area contributed by atoms with Gasteiger partial charge in [0.05, 0.1) is 0 Å². The van der Waals surface area contributed by atoms with Gasteiger partial charge in [-0.2, -0.15) is 0 Å². The molecule has 90 valence electrons. The third-order valence-corrected chi connectivity index (χ3v) is 3.09. The van der Waals surface area contributed by atoms with Gasteiger partial charge in [-0.3, -0.25) is 0 Å². The summed E-state index contributed by atoms with van der Waals surface area (Å²) >= 11 is 0. The summed E-state index contributed by atoms with van der Waals surface area (Å²) in [7, 11) is 0. The Morgan fingerprint density at radius 1 is 1.27 bits per heavy atom. The molecule has 1 N–H and O–H groups in total. The van der Waals surface area contributed by atoms with Crippen LogP contribution in [0.4, 0.5) is 0 Å². The van der Waals surface area contributed by atoms with Gasteiger partial charge in [0.25, 0.3) is 0 Å². The topological polar surface area (TPSA) is 21.3 Å². The summed E-state index contributed by atoms with van der Waals surface area (Å²) in [6.45, 7) is 13.0. The molecule has 1 aliphatic carbocycles. The second-order valence-corrected chi connectivity index (χ2v) is 6.11. The van der Waals surface area contributed by atoms with Crippen molar-refractivity contribution < 1.29 is 4.74 Å². The lowest BCUT2D eigenvalue weighted by atomic mass is 9.96. The molecule has 1 rings (SSSR count). The Balaban J connectivity index is 2.09. The summed E-state index contributed by atoms with van der Waals surface area (Å²) in [5, 5.41) is 3.60. The SMILES string of the molecule is CCOCCC1(CNCC(C)(C)C)CC1. The van der Waals surface area contributed by atoms with Crippen molar-refractivity contribution in [2.45, 2.75) is 47.0 Å². The first-order valence-corrected chi connectivity index (χ1v) is 6.26. The maximum atomic E-state index is 5.43. The normalized spacial score (nSPS) is 19.2. The summed E-state index contributed by atoms with van der Waals surface area (Å²) < 4.78 is 5.43. The van der Waals surface area contributed by atoms with Gasteiger partial charge >= 0.3 is 0 Å². The highest BCUT2D eigenvalue weighted by atomic mass is 16.5. The van der Waals surface area contributed by atoms with Crippen LogP contribution in [0.2, 0.25) is 0 Å². The van der Waals surface area contributed by atoms with Crippen molar-refractivity contribution in [1.82, 2.24) is 5.32 Å². The zero-order chi connectivity index (χ0) is 11.4. The van der Waals surface area contributed by atoms with Crippen molar-refractivity contribution in [1.29, 1.82) is 0 Å². The van der Waals surface area contributed by atoms with E-state index in [0.717, 1.165) is 19.8 Å². The second kappa shape index (κ2) is 5.31. The lowest BCUT2D eigenvalue weighted by Gasteiger charge is -2.22. The monoisotopic (exact) mass is 213 g/mol. The molecular formula is C13H27NO. The van der Waals surface area contributed by atoms with Crippen LogP contribution in [0.5, 0.6) is 0 Å². The third-order valence-electron chi connectivity index (χ3n) is 3.09. The number of ether oxygens (including phenoxy) is 1. The van der Waals surface area contributed by atoms with Crippen LogP contribution in [0.15, 0.2) is 0 Å². The molecule has 0 spiro atoms. The summed E-state index contributed by atoms with van der Waals surface area (Å²) in [4.78, 5) is 0. The molecule has 1 saturated carbocycles. The average Bonchev–Trinajstić information content (AvgIpc) is 2.84. The van der Waals surface area contributed by atoms with E-state index in [1.165, 1.54) is 25.8 Å². The van der Waals surface area contributed by atoms with Crippen LogP contribution >= 0.6 is 0 Å². The van der Waals surface area contributed by atoms with Crippen molar-refractivity contribution in [2.24, 2.45) is 10.8 Å². The van der Waals surface area contributed by atoms with E-state index in [-0.39, 0.29) is 0 Å². The molecule has 15 heavy (non-hydrogen) atoms. The van der Waals surface area contributed by atoms with Crippen molar-refractivity contribution in [2.75, 3.05) is 26.3 Å². The van der Waals surface area contributed by atoms with E-state index in [0.29, 0.717) is 10.8 Å². The molecule has 0 atom stereocenters. The predicted molar refractivity (Wildman–Crippen MR) is 65.1 cm³/mol. The van der Waals surface area contributed by atoms with Crippen LogP contribution in [-0.4, -0.2) is 26.3 Å². The Morgan fingerprint density at radius 3 is 2.40 bits per heavy atom. The van der Waals surface area contributed by atoms with Crippen LogP contribution in [0.1, 0.15) is 47.0 Å². The van der Waals surface area contributed by atoms with E-state index in [4.69, 9.17) is 4.74 Å². The maximum absolute atomic E-state index is 5.43. The lowest BCUT2D eigenvalue weighted by molar-refractivity contribution is 0.127. The predicted octanol–water partition coefficient (Wildman–Crippen LogP) is 2.83. The second-order valence-electron chi connectivity index (χ2n) is 6.11. The fourth-order valence-electron chi connectivity index (χ4n) is 1.83. The smallest absolute Gasteiger partial charge is 0.0471 e. The molecule has 0 heterocycles. The summed E-state index contributed by atoms with van der Waals surface area (Å²) in [5.74, 6) is 0. The Bertz CT molecular complexity index is 179. The lowest BCUT2D eigenvalue weighted by Crippen LogP contribution is -2.32. The fourth-order valence-corrected chi connectivity index (χ4v) is 1.83. The van der Waals surface area contributed by atoms with E-state index in [9.17, 15) is 0 Å². The van der Waals surface area contributed by atoms with Gasteiger partial charge in [-0.25, -0.2) is 0 Å². The van der Waals surface area contributed by atoms with Crippen LogP contribution in [0, 0.1) is 10.8 Å². The average molecular weight is 213 g/mol. The minimum absolute atomic E-state index is 0.399. The zero-order valence-electron chi connectivity index (χ0n) is 10.9. The number of hydrogen-bond acceptors (Lipinski definition) is 2. The highest BCUT2D eigenvalue weighted by molar-refractivity contribution is 4.94. The molecule has 1 aliphatic rings. The molecule has 1 fully saturated rings. The molecule has 0 aromatic heterocycles. The van der Waals surface area contributed by atoms with Crippen LogP contribution in [0.3, 0.4) is 0 Å². The zero-order valence-corrected chi connectivity index (χ0v) is 10.9.